The first-order valence-electron chi connectivity index (χ1n) is 36.2. The van der Waals surface area contributed by atoms with Gasteiger partial charge in [-0.3, -0.25) is 18.7 Å². The van der Waals surface area contributed by atoms with Gasteiger partial charge in [0.1, 0.15) is 65.4 Å². The molecule has 0 bridgehead atoms. The van der Waals surface area contributed by atoms with Gasteiger partial charge in [-0.25, -0.2) is 43.6 Å². The fraction of sp³-hybridized carbons (Fsp3) is 0.275. The summed E-state index contributed by atoms with van der Waals surface area (Å²) >= 11 is 3.48. The topological polar surface area (TPSA) is 323 Å². The molecule has 8 aliphatic rings. The summed E-state index contributed by atoms with van der Waals surface area (Å²) in [5.41, 5.74) is 10.2. The van der Waals surface area contributed by atoms with E-state index in [0.717, 1.165) is 115 Å². The smallest absolute Gasteiger partial charge is 0.400 e. The number of benzene rings is 3. The normalized spacial score (nSPS) is 19.3. The van der Waals surface area contributed by atoms with Crippen LogP contribution in [-0.2, 0) is 28.7 Å². The van der Waals surface area contributed by atoms with Crippen LogP contribution in [0.2, 0.25) is 0 Å². The van der Waals surface area contributed by atoms with Crippen LogP contribution in [0.3, 0.4) is 0 Å². The van der Waals surface area contributed by atoms with E-state index >= 15 is 0 Å². The lowest BCUT2D eigenvalue weighted by Crippen LogP contribution is -2.62. The van der Waals surface area contributed by atoms with Crippen LogP contribution in [0.5, 0.6) is 0 Å². The van der Waals surface area contributed by atoms with Crippen LogP contribution in [-0.4, -0.2) is 143 Å². The SMILES string of the molecule is C=CB1OC(C)(C)C(C)(C)O1.C=Cc1ccn2c1CN(c1ccccc1)C([C@@H]1CCN1C1=NC=NC3NC=C(C#N)C13)=N2.CCc1ccn2nc([C@@H]3CCN3c3ncnc4[nH]cc(C#N)c34)n(-c3ccccc3)c(=O)c12.CO.N#CC1=CCc2ncnc(N3CC[C@H]3c3nn4ccc(Br)c4c(=O)n3-c3ccccc3)c21.S.S.S. The summed E-state index contributed by atoms with van der Waals surface area (Å²) in [5, 5.41) is 54.5. The van der Waals surface area contributed by atoms with E-state index < -0.39 is 0 Å². The van der Waals surface area contributed by atoms with E-state index in [1.165, 1.54) is 6.33 Å². The minimum absolute atomic E-state index is 0. The zero-order chi connectivity index (χ0) is 76.7. The average molecular weight is 1630 g/mol. The van der Waals surface area contributed by atoms with Crippen molar-refractivity contribution in [1.29, 1.82) is 15.8 Å². The van der Waals surface area contributed by atoms with Crippen molar-refractivity contribution in [1.82, 2.24) is 68.2 Å². The molecule has 576 valence electrons. The molecule has 28 nitrogen and oxygen atoms in total. The molecule has 4 fully saturated rings. The highest BCUT2D eigenvalue weighted by Gasteiger charge is 2.50. The molecule has 7 aliphatic heterocycles. The number of H-pyrrole nitrogens is 1. The molecule has 113 heavy (non-hydrogen) atoms. The third-order valence-electron chi connectivity index (χ3n) is 21.5. The second kappa shape index (κ2) is 33.8. The summed E-state index contributed by atoms with van der Waals surface area (Å²) in [6.45, 7) is 20.8. The third kappa shape index (κ3) is 14.6. The number of anilines is 3. The summed E-state index contributed by atoms with van der Waals surface area (Å²) in [4.78, 5) is 65.8. The second-order valence-electron chi connectivity index (χ2n) is 27.9. The number of fused-ring (bicyclic) bond motifs is 6. The molecule has 33 heteroatoms. The Balaban J connectivity index is 0.000000144. The van der Waals surface area contributed by atoms with Crippen molar-refractivity contribution in [3.63, 3.8) is 0 Å². The standard InChI is InChI=1S/C24H20N8O.C24H22N8.C23H16BrN7O.C8H15BO2.CH4O.3H2S/c1-2-15-8-11-31-20(15)24(33)32(17-6-4-3-5-7-17)22(29-31)18-9-10-30(18)23-19-16(12-25)13-26-21(19)27-14-28-23;1-2-16-8-11-32-20(16)14-31(18-6-4-3-5-7-18)23(29-32)19-9-10-30(19)24-21-17(12-25)13-26-22(21)27-15-28-24;24-16-8-11-30-20(16)23(32)31(15-4-2-1-3-5-15)21(28-30)18-9-10-29(18)22-19-14(12-25)6-7-17(19)26-13-27-22;1-6-9-10-7(2,3)8(4,5)11-9;1-2;;;/h3-8,11,13-14,18H,2,9-10H2,1H3,(H,26,27,28);2-8,11,13,15,19,21-22,26H,1,9-10,14H2;1-6,8,11,13,18H,7,9-10H2;6H,1H2,2-5H3;2H,1H3;3*1H2/t18-;19-,21?,22?;18-;;;;;/m000...../s1. The number of hydrogen-bond donors (Lipinski definition) is 3. The first-order valence-corrected chi connectivity index (χ1v) is 37.0. The number of halogens is 1. The number of allylic oxidation sites excluding steroid dienone is 2. The Morgan fingerprint density at radius 3 is 1.84 bits per heavy atom. The molecule has 2 unspecified atom stereocenters. The van der Waals surface area contributed by atoms with E-state index in [2.05, 4.69) is 125 Å². The van der Waals surface area contributed by atoms with E-state index in [9.17, 15) is 25.4 Å². The quantitative estimate of drug-likeness (QED) is 0.101. The lowest BCUT2D eigenvalue weighted by molar-refractivity contribution is 0.00578. The number of nitriles is 3. The molecule has 0 spiro atoms. The number of aromatic amines is 1. The van der Waals surface area contributed by atoms with E-state index in [4.69, 9.17) is 29.7 Å². The molecule has 8 aromatic heterocycles. The zero-order valence-electron chi connectivity index (χ0n) is 62.8. The van der Waals surface area contributed by atoms with Crippen molar-refractivity contribution in [3.05, 3.63) is 254 Å². The van der Waals surface area contributed by atoms with Crippen LogP contribution in [0, 0.1) is 39.9 Å². The Labute approximate surface area is 681 Å². The summed E-state index contributed by atoms with van der Waals surface area (Å²) in [7, 11) is 0.750. The van der Waals surface area contributed by atoms with Crippen LogP contribution < -0.4 is 31.1 Å². The molecule has 0 saturated carbocycles. The van der Waals surface area contributed by atoms with E-state index in [0.29, 0.717) is 73.7 Å². The molecule has 3 N–H and O–H groups in total. The summed E-state index contributed by atoms with van der Waals surface area (Å²) in [6.07, 6.45) is 21.3. The van der Waals surface area contributed by atoms with Crippen molar-refractivity contribution in [2.75, 3.05) is 41.4 Å². The molecule has 0 radical (unpaired) electrons. The molecule has 15 heterocycles. The van der Waals surface area contributed by atoms with Crippen molar-refractivity contribution in [3.8, 4) is 29.6 Å². The predicted molar refractivity (Wildman–Crippen MR) is 457 cm³/mol. The summed E-state index contributed by atoms with van der Waals surface area (Å²) in [5.74, 6) is 6.06. The Kier molecular flexibility index (Phi) is 24.2. The Morgan fingerprint density at radius 2 is 1.27 bits per heavy atom. The molecule has 0 amide bonds. The van der Waals surface area contributed by atoms with Crippen LogP contribution in [0.15, 0.2) is 213 Å². The van der Waals surface area contributed by atoms with Crippen LogP contribution in [0.4, 0.5) is 17.3 Å². The maximum atomic E-state index is 13.8. The molecule has 1 aliphatic carbocycles. The number of aromatic nitrogens is 12. The fourth-order valence-electron chi connectivity index (χ4n) is 14.9. The third-order valence-corrected chi connectivity index (χ3v) is 22.1. The summed E-state index contributed by atoms with van der Waals surface area (Å²) in [6, 6.07) is 41.9. The van der Waals surface area contributed by atoms with Gasteiger partial charge < -0.3 is 44.3 Å². The number of nitrogens with zero attached hydrogens (tertiary/aromatic N) is 21. The van der Waals surface area contributed by atoms with Crippen LogP contribution in [0.25, 0.3) is 45.1 Å². The van der Waals surface area contributed by atoms with Gasteiger partial charge in [-0.05, 0) is 135 Å². The minimum atomic E-state index is -0.250. The van der Waals surface area contributed by atoms with Crippen molar-refractivity contribution >= 4 is 133 Å². The van der Waals surface area contributed by atoms with Gasteiger partial charge in [-0.15, -0.1) is 6.58 Å². The zero-order valence-corrected chi connectivity index (χ0v) is 67.4. The largest absolute Gasteiger partial charge is 0.486 e. The van der Waals surface area contributed by atoms with Gasteiger partial charge in [0, 0.05) is 69.8 Å². The molecule has 5 atom stereocenters. The molecule has 3 aromatic carbocycles. The number of aliphatic hydroxyl groups excluding tert-OH is 1. The molecule has 19 rings (SSSR count). The Bertz CT molecular complexity index is 5840. The molecule has 4 saturated heterocycles. The lowest BCUT2D eigenvalue weighted by Gasteiger charge is -2.48. The number of hydrogen-bond acceptors (Lipinski definition) is 22. The van der Waals surface area contributed by atoms with Crippen molar-refractivity contribution in [2.45, 2.75) is 109 Å². The number of aliphatic imine (C=N–C) groups is 2. The summed E-state index contributed by atoms with van der Waals surface area (Å²) < 4.78 is 20.5. The van der Waals surface area contributed by atoms with Crippen LogP contribution >= 0.6 is 56.4 Å². The fourth-order valence-corrected chi connectivity index (χ4v) is 15.4. The van der Waals surface area contributed by atoms with Gasteiger partial charge in [-0.2, -0.15) is 71.6 Å². The van der Waals surface area contributed by atoms with Gasteiger partial charge in [0.2, 0.25) is 0 Å². The van der Waals surface area contributed by atoms with E-state index in [1.807, 2.05) is 155 Å². The van der Waals surface area contributed by atoms with Gasteiger partial charge in [-0.1, -0.05) is 86.2 Å². The monoisotopic (exact) mass is 1630 g/mol. The van der Waals surface area contributed by atoms with Gasteiger partial charge in [0.25, 0.3) is 11.1 Å². The molecular formula is C80H83BBrN23O5S3. The van der Waals surface area contributed by atoms with Crippen molar-refractivity contribution < 1.29 is 14.4 Å². The van der Waals surface area contributed by atoms with E-state index in [1.54, 1.807) is 55.4 Å². The number of likely N-dealkylation sites (tertiary alicyclic amines) is 1. The first-order chi connectivity index (χ1) is 53.5. The number of amidine groups is 2. The first kappa shape index (κ1) is 80.9. The second-order valence-corrected chi connectivity index (χ2v) is 28.7. The highest BCUT2D eigenvalue weighted by atomic mass is 79.9. The number of aliphatic hydroxyl groups is 1. The average Bonchev–Trinajstić information content (AvgIpc) is 1.60. The predicted octanol–water partition coefficient (Wildman–Crippen LogP) is 11.1. The van der Waals surface area contributed by atoms with Gasteiger partial charge >= 0.3 is 7.12 Å². The maximum absolute atomic E-state index is 13.8. The number of aryl methyl sites for hydroxylation is 1. The Morgan fingerprint density at radius 1 is 0.690 bits per heavy atom. The molecule has 11 aromatic rings. The lowest BCUT2D eigenvalue weighted by atomic mass is 9.90. The van der Waals surface area contributed by atoms with Crippen LogP contribution in [0.1, 0.15) is 111 Å². The number of rotatable bonds is 11. The maximum Gasteiger partial charge on any atom is 0.486 e. The highest BCUT2D eigenvalue weighted by molar-refractivity contribution is 9.10. The Hall–Kier alpha value is -11.6. The van der Waals surface area contributed by atoms with Gasteiger partial charge in [0.05, 0.1) is 109 Å². The number of nitrogens with one attached hydrogen (secondary N) is 2. The minimum Gasteiger partial charge on any atom is -0.400 e. The number of para-hydroxylation sites is 3. The van der Waals surface area contributed by atoms with Crippen molar-refractivity contribution in [2.24, 2.45) is 21.0 Å². The molecular weight excluding hydrogens is 1550 g/mol. The highest BCUT2D eigenvalue weighted by Crippen LogP contribution is 2.44. The van der Waals surface area contributed by atoms with Gasteiger partial charge in [0.15, 0.2) is 17.5 Å². The van der Waals surface area contributed by atoms with E-state index in [-0.39, 0.29) is 100 Å².